The number of carbonyl (C=O) groups is 1. The van der Waals surface area contributed by atoms with E-state index >= 15 is 0 Å². The van der Waals surface area contributed by atoms with Gasteiger partial charge in [-0.15, -0.1) is 0 Å². The van der Waals surface area contributed by atoms with E-state index in [0.29, 0.717) is 5.69 Å². The predicted octanol–water partition coefficient (Wildman–Crippen LogP) is 1.66. The van der Waals surface area contributed by atoms with Crippen molar-refractivity contribution in [1.82, 2.24) is 15.2 Å². The molecular formula is C14H22N4O4S2. The van der Waals surface area contributed by atoms with Crippen molar-refractivity contribution in [3.63, 3.8) is 0 Å². The first kappa shape index (κ1) is 20.1. The minimum atomic E-state index is -3.54. The van der Waals surface area contributed by atoms with Crippen molar-refractivity contribution in [2.75, 3.05) is 19.4 Å². The highest BCUT2D eigenvalue weighted by molar-refractivity contribution is 7.89. The molecule has 1 rings (SSSR count). The monoisotopic (exact) mass is 374 g/mol. The maximum Gasteiger partial charge on any atom is 0.426 e. The van der Waals surface area contributed by atoms with E-state index in [1.807, 2.05) is 0 Å². The quantitative estimate of drug-likeness (QED) is 0.546. The molecule has 0 aliphatic carbocycles. The van der Waals surface area contributed by atoms with Crippen LogP contribution in [0.1, 0.15) is 20.8 Å². The van der Waals surface area contributed by atoms with E-state index in [0.717, 1.165) is 4.31 Å². The van der Waals surface area contributed by atoms with Crippen LogP contribution in [0.4, 0.5) is 10.5 Å². The first-order valence-electron chi connectivity index (χ1n) is 7.00. The van der Waals surface area contributed by atoms with Gasteiger partial charge in [-0.1, -0.05) is 6.07 Å². The minimum absolute atomic E-state index is 0.0836. The van der Waals surface area contributed by atoms with Gasteiger partial charge in [0.1, 0.15) is 5.60 Å². The predicted molar refractivity (Wildman–Crippen MR) is 96.0 cm³/mol. The summed E-state index contributed by atoms with van der Waals surface area (Å²) in [5.74, 6) is 0. The summed E-state index contributed by atoms with van der Waals surface area (Å²) >= 11 is 5.03. The lowest BCUT2D eigenvalue weighted by atomic mass is 10.2. The van der Waals surface area contributed by atoms with Gasteiger partial charge < -0.3 is 10.1 Å². The second kappa shape index (κ2) is 7.77. The second-order valence-corrected chi connectivity index (χ2v) is 8.58. The summed E-state index contributed by atoms with van der Waals surface area (Å²) in [4.78, 5) is 11.6. The molecular weight excluding hydrogens is 352 g/mol. The number of benzene rings is 1. The van der Waals surface area contributed by atoms with Crippen LogP contribution in [0.5, 0.6) is 0 Å². The SMILES string of the molecule is CN(C)S(=O)(=O)c1cccc(NC(=S)NNC(=O)OC(C)(C)C)c1. The van der Waals surface area contributed by atoms with Crippen molar-refractivity contribution in [2.45, 2.75) is 31.3 Å². The number of sulfonamides is 1. The number of nitrogens with zero attached hydrogens (tertiary/aromatic N) is 1. The molecule has 24 heavy (non-hydrogen) atoms. The van der Waals surface area contributed by atoms with E-state index in [1.165, 1.54) is 26.2 Å². The van der Waals surface area contributed by atoms with E-state index in [-0.39, 0.29) is 10.0 Å². The standard InChI is InChI=1S/C14H22N4O4S2/c1-14(2,3)22-13(19)17-16-12(23)15-10-7-6-8-11(9-10)24(20,21)18(4)5/h6-9H,1-5H3,(H,17,19)(H2,15,16,23). The zero-order valence-electron chi connectivity index (χ0n) is 14.2. The third-order valence-corrected chi connectivity index (χ3v) is 4.56. The van der Waals surface area contributed by atoms with E-state index in [4.69, 9.17) is 17.0 Å². The summed E-state index contributed by atoms with van der Waals surface area (Å²) in [7, 11) is -0.640. The number of carbonyl (C=O) groups excluding carboxylic acids is 1. The van der Waals surface area contributed by atoms with Crippen LogP contribution >= 0.6 is 12.2 Å². The van der Waals surface area contributed by atoms with Gasteiger partial charge in [0.05, 0.1) is 4.90 Å². The minimum Gasteiger partial charge on any atom is -0.443 e. The number of amides is 1. The van der Waals surface area contributed by atoms with Crippen LogP contribution < -0.4 is 16.2 Å². The van der Waals surface area contributed by atoms with Crippen molar-refractivity contribution in [2.24, 2.45) is 0 Å². The fourth-order valence-corrected chi connectivity index (χ4v) is 2.64. The molecule has 1 amide bonds. The molecule has 1 aromatic carbocycles. The number of anilines is 1. The molecule has 0 aliphatic heterocycles. The Kier molecular flexibility index (Phi) is 6.52. The molecule has 0 aromatic heterocycles. The first-order valence-corrected chi connectivity index (χ1v) is 8.85. The summed E-state index contributed by atoms with van der Waals surface area (Å²) in [6.07, 6.45) is -0.685. The number of ether oxygens (including phenoxy) is 1. The maximum absolute atomic E-state index is 12.1. The van der Waals surface area contributed by atoms with Crippen LogP contribution in [-0.4, -0.2) is 43.6 Å². The summed E-state index contributed by atoms with van der Waals surface area (Å²) in [6.45, 7) is 5.21. The molecule has 1 aromatic rings. The van der Waals surface area contributed by atoms with Gasteiger partial charge in [0, 0.05) is 19.8 Å². The Hall–Kier alpha value is -1.91. The molecule has 10 heteroatoms. The van der Waals surface area contributed by atoms with Crippen LogP contribution in [-0.2, 0) is 14.8 Å². The van der Waals surface area contributed by atoms with Gasteiger partial charge in [-0.25, -0.2) is 22.9 Å². The molecule has 0 aliphatic rings. The van der Waals surface area contributed by atoms with Crippen LogP contribution in [0.2, 0.25) is 0 Å². The molecule has 0 heterocycles. The number of rotatable bonds is 3. The van der Waals surface area contributed by atoms with Crippen molar-refractivity contribution in [3.05, 3.63) is 24.3 Å². The summed E-state index contributed by atoms with van der Waals surface area (Å²) < 4.78 is 30.3. The van der Waals surface area contributed by atoms with Crippen LogP contribution in [0.3, 0.4) is 0 Å². The number of hydrogen-bond acceptors (Lipinski definition) is 5. The zero-order valence-corrected chi connectivity index (χ0v) is 15.8. The summed E-state index contributed by atoms with van der Waals surface area (Å²) in [5.41, 5.74) is 4.58. The van der Waals surface area contributed by atoms with Gasteiger partial charge in [0.15, 0.2) is 5.11 Å². The topological polar surface area (TPSA) is 99.8 Å². The summed E-state index contributed by atoms with van der Waals surface area (Å²) in [5, 5.41) is 2.86. The van der Waals surface area contributed by atoms with Crippen molar-refractivity contribution in [1.29, 1.82) is 0 Å². The van der Waals surface area contributed by atoms with E-state index in [2.05, 4.69) is 16.2 Å². The van der Waals surface area contributed by atoms with Crippen molar-refractivity contribution in [3.8, 4) is 0 Å². The fraction of sp³-hybridized carbons (Fsp3) is 0.429. The molecule has 0 saturated carbocycles. The van der Waals surface area contributed by atoms with Gasteiger partial charge >= 0.3 is 6.09 Å². The van der Waals surface area contributed by atoms with E-state index < -0.39 is 21.7 Å². The highest BCUT2D eigenvalue weighted by atomic mass is 32.2. The number of hydrogen-bond donors (Lipinski definition) is 3. The number of hydrazine groups is 1. The van der Waals surface area contributed by atoms with Gasteiger partial charge in [-0.3, -0.25) is 5.43 Å². The fourth-order valence-electron chi connectivity index (χ4n) is 1.52. The molecule has 0 fully saturated rings. The van der Waals surface area contributed by atoms with Crippen molar-refractivity contribution < 1.29 is 17.9 Å². The van der Waals surface area contributed by atoms with Crippen LogP contribution in [0, 0.1) is 0 Å². The molecule has 0 bridgehead atoms. The Balaban J connectivity index is 2.67. The summed E-state index contributed by atoms with van der Waals surface area (Å²) in [6, 6.07) is 6.16. The molecule has 0 unspecified atom stereocenters. The average Bonchev–Trinajstić information content (AvgIpc) is 2.43. The molecule has 0 saturated heterocycles. The third kappa shape index (κ3) is 6.30. The Labute approximate surface area is 147 Å². The average molecular weight is 374 g/mol. The maximum atomic E-state index is 12.1. The normalized spacial score (nSPS) is 11.8. The molecule has 3 N–H and O–H groups in total. The van der Waals surface area contributed by atoms with Crippen LogP contribution in [0.15, 0.2) is 29.2 Å². The lowest BCUT2D eigenvalue weighted by Crippen LogP contribution is -2.45. The van der Waals surface area contributed by atoms with Gasteiger partial charge in [-0.2, -0.15) is 0 Å². The highest BCUT2D eigenvalue weighted by Crippen LogP contribution is 2.17. The lowest BCUT2D eigenvalue weighted by Gasteiger charge is -2.20. The molecule has 8 nitrogen and oxygen atoms in total. The second-order valence-electron chi connectivity index (χ2n) is 6.02. The molecule has 0 spiro atoms. The number of nitrogens with one attached hydrogen (secondary N) is 3. The van der Waals surface area contributed by atoms with E-state index in [9.17, 15) is 13.2 Å². The van der Waals surface area contributed by atoms with Crippen molar-refractivity contribution >= 4 is 39.1 Å². The van der Waals surface area contributed by atoms with E-state index in [1.54, 1.807) is 32.9 Å². The smallest absolute Gasteiger partial charge is 0.426 e. The highest BCUT2D eigenvalue weighted by Gasteiger charge is 2.18. The molecule has 0 radical (unpaired) electrons. The first-order chi connectivity index (χ1) is 10.9. The largest absolute Gasteiger partial charge is 0.443 e. The van der Waals surface area contributed by atoms with Gasteiger partial charge in [0.25, 0.3) is 0 Å². The van der Waals surface area contributed by atoms with Gasteiger partial charge in [-0.05, 0) is 51.2 Å². The Morgan fingerprint density at radius 1 is 1.21 bits per heavy atom. The van der Waals surface area contributed by atoms with Crippen LogP contribution in [0.25, 0.3) is 0 Å². The Morgan fingerprint density at radius 2 is 1.83 bits per heavy atom. The lowest BCUT2D eigenvalue weighted by molar-refractivity contribution is 0.0513. The third-order valence-electron chi connectivity index (χ3n) is 2.55. The Morgan fingerprint density at radius 3 is 2.38 bits per heavy atom. The molecule has 0 atom stereocenters. The molecule has 134 valence electrons. The van der Waals surface area contributed by atoms with Gasteiger partial charge in [0.2, 0.25) is 10.0 Å². The number of thiocarbonyl (C=S) groups is 1. The zero-order chi connectivity index (χ0) is 18.5. The Bertz CT molecular complexity index is 712.